The molecule has 116 valence electrons. The Morgan fingerprint density at radius 1 is 1.29 bits per heavy atom. The van der Waals surface area contributed by atoms with Crippen LogP contribution in [0.1, 0.15) is 48.3 Å². The fourth-order valence-corrected chi connectivity index (χ4v) is 3.20. The molecule has 2 rings (SSSR count). The lowest BCUT2D eigenvalue weighted by Gasteiger charge is -2.20. The SMILES string of the molecule is COC(=O)Cc1cc(N)c(CN(C)C)cc1C1CCCC1. The Morgan fingerprint density at radius 3 is 2.52 bits per heavy atom. The molecule has 4 nitrogen and oxygen atoms in total. The Bertz CT molecular complexity index is 506. The maximum atomic E-state index is 11.7. The lowest BCUT2D eigenvalue weighted by atomic mass is 9.89. The van der Waals surface area contributed by atoms with Crippen LogP contribution in [0.3, 0.4) is 0 Å². The minimum absolute atomic E-state index is 0.200. The van der Waals surface area contributed by atoms with Gasteiger partial charge in [-0.3, -0.25) is 4.79 Å². The smallest absolute Gasteiger partial charge is 0.309 e. The van der Waals surface area contributed by atoms with Crippen molar-refractivity contribution < 1.29 is 9.53 Å². The Morgan fingerprint density at radius 2 is 1.95 bits per heavy atom. The molecule has 0 aliphatic heterocycles. The third-order valence-electron chi connectivity index (χ3n) is 4.25. The first-order valence-corrected chi connectivity index (χ1v) is 7.64. The average molecular weight is 290 g/mol. The van der Waals surface area contributed by atoms with Gasteiger partial charge in [-0.1, -0.05) is 18.9 Å². The number of benzene rings is 1. The summed E-state index contributed by atoms with van der Waals surface area (Å²) in [5, 5.41) is 0. The van der Waals surface area contributed by atoms with Crippen LogP contribution in [0.4, 0.5) is 5.69 Å². The summed E-state index contributed by atoms with van der Waals surface area (Å²) < 4.78 is 4.82. The van der Waals surface area contributed by atoms with Crippen molar-refractivity contribution in [2.24, 2.45) is 0 Å². The minimum atomic E-state index is -0.200. The van der Waals surface area contributed by atoms with Gasteiger partial charge in [-0.25, -0.2) is 0 Å². The molecule has 1 aliphatic rings. The van der Waals surface area contributed by atoms with Crippen LogP contribution >= 0.6 is 0 Å². The van der Waals surface area contributed by atoms with E-state index in [1.807, 2.05) is 20.2 Å². The molecule has 0 atom stereocenters. The number of carbonyl (C=O) groups is 1. The molecule has 0 saturated heterocycles. The van der Waals surface area contributed by atoms with E-state index >= 15 is 0 Å². The second-order valence-corrected chi connectivity index (χ2v) is 6.22. The number of anilines is 1. The number of hydrogen-bond acceptors (Lipinski definition) is 4. The zero-order valence-electron chi connectivity index (χ0n) is 13.3. The van der Waals surface area contributed by atoms with Gasteiger partial charge in [0.15, 0.2) is 0 Å². The topological polar surface area (TPSA) is 55.6 Å². The number of rotatable bonds is 5. The number of nitrogens with zero attached hydrogens (tertiary/aromatic N) is 1. The first-order valence-electron chi connectivity index (χ1n) is 7.64. The normalized spacial score (nSPS) is 15.6. The average Bonchev–Trinajstić information content (AvgIpc) is 2.95. The lowest BCUT2D eigenvalue weighted by molar-refractivity contribution is -0.139. The lowest BCUT2D eigenvalue weighted by Crippen LogP contribution is -2.15. The van der Waals surface area contributed by atoms with Gasteiger partial charge in [0.2, 0.25) is 0 Å². The molecule has 1 aliphatic carbocycles. The summed E-state index contributed by atoms with van der Waals surface area (Å²) >= 11 is 0. The second-order valence-electron chi connectivity index (χ2n) is 6.22. The Kier molecular flexibility index (Phi) is 5.23. The molecule has 0 bridgehead atoms. The first-order chi connectivity index (χ1) is 10.0. The van der Waals surface area contributed by atoms with Crippen molar-refractivity contribution in [1.29, 1.82) is 0 Å². The molecule has 1 aromatic carbocycles. The quantitative estimate of drug-likeness (QED) is 0.669. The van der Waals surface area contributed by atoms with E-state index in [1.54, 1.807) is 0 Å². The van der Waals surface area contributed by atoms with Gasteiger partial charge in [-0.2, -0.15) is 0 Å². The zero-order chi connectivity index (χ0) is 15.4. The summed E-state index contributed by atoms with van der Waals surface area (Å²) in [5.74, 6) is 0.361. The van der Waals surface area contributed by atoms with Crippen molar-refractivity contribution in [3.8, 4) is 0 Å². The first kappa shape index (κ1) is 15.8. The van der Waals surface area contributed by atoms with E-state index in [0.29, 0.717) is 12.3 Å². The molecule has 1 aromatic rings. The molecule has 0 radical (unpaired) electrons. The van der Waals surface area contributed by atoms with Crippen LogP contribution in [0.15, 0.2) is 12.1 Å². The third kappa shape index (κ3) is 3.97. The maximum Gasteiger partial charge on any atom is 0.309 e. The molecule has 2 N–H and O–H groups in total. The Hall–Kier alpha value is -1.55. The summed E-state index contributed by atoms with van der Waals surface area (Å²) in [6.45, 7) is 0.823. The van der Waals surface area contributed by atoms with Gasteiger partial charge in [0.25, 0.3) is 0 Å². The molecule has 4 heteroatoms. The number of methoxy groups -OCH3 is 1. The van der Waals surface area contributed by atoms with Crippen LogP contribution in [0, 0.1) is 0 Å². The standard InChI is InChI=1S/C17H26N2O2/c1-19(2)11-14-8-15(12-6-4-5-7-12)13(9-16(14)18)10-17(20)21-3/h8-9,12H,4-7,10-11,18H2,1-3H3. The highest BCUT2D eigenvalue weighted by molar-refractivity contribution is 5.74. The van der Waals surface area contributed by atoms with Crippen LogP contribution in [0.2, 0.25) is 0 Å². The second kappa shape index (κ2) is 6.94. The van der Waals surface area contributed by atoms with Gasteiger partial charge in [-0.15, -0.1) is 0 Å². The molecule has 0 heterocycles. The van der Waals surface area contributed by atoms with E-state index in [9.17, 15) is 4.79 Å². The van der Waals surface area contributed by atoms with E-state index in [-0.39, 0.29) is 5.97 Å². The zero-order valence-corrected chi connectivity index (χ0v) is 13.3. The molecular formula is C17H26N2O2. The fourth-order valence-electron chi connectivity index (χ4n) is 3.20. The number of carbonyl (C=O) groups excluding carboxylic acids is 1. The summed E-state index contributed by atoms with van der Waals surface area (Å²) in [6.07, 6.45) is 5.28. The van der Waals surface area contributed by atoms with E-state index in [4.69, 9.17) is 10.5 Å². The molecule has 0 amide bonds. The highest BCUT2D eigenvalue weighted by Gasteiger charge is 2.22. The maximum absolute atomic E-state index is 11.7. The van der Waals surface area contributed by atoms with Gasteiger partial charge >= 0.3 is 5.97 Å². The van der Waals surface area contributed by atoms with E-state index < -0.39 is 0 Å². The van der Waals surface area contributed by atoms with Crippen LogP contribution in [-0.4, -0.2) is 32.1 Å². The Balaban J connectivity index is 2.37. The number of nitrogens with two attached hydrogens (primary N) is 1. The van der Waals surface area contributed by atoms with E-state index in [1.165, 1.54) is 38.4 Å². The van der Waals surface area contributed by atoms with Crippen molar-refractivity contribution >= 4 is 11.7 Å². The van der Waals surface area contributed by atoms with Crippen LogP contribution in [0.5, 0.6) is 0 Å². The fraction of sp³-hybridized carbons (Fsp3) is 0.588. The Labute approximate surface area is 127 Å². The highest BCUT2D eigenvalue weighted by atomic mass is 16.5. The van der Waals surface area contributed by atoms with Gasteiger partial charge in [0.05, 0.1) is 13.5 Å². The van der Waals surface area contributed by atoms with Crippen LogP contribution < -0.4 is 5.73 Å². The van der Waals surface area contributed by atoms with Crippen molar-refractivity contribution in [2.45, 2.75) is 44.6 Å². The monoisotopic (exact) mass is 290 g/mol. The molecule has 1 fully saturated rings. The van der Waals surface area contributed by atoms with Gasteiger partial charge in [0, 0.05) is 12.2 Å². The number of esters is 1. The van der Waals surface area contributed by atoms with Gasteiger partial charge in [0.1, 0.15) is 0 Å². The molecule has 0 unspecified atom stereocenters. The van der Waals surface area contributed by atoms with Crippen LogP contribution in [-0.2, 0) is 22.5 Å². The summed E-state index contributed by atoms with van der Waals surface area (Å²) in [7, 11) is 5.51. The number of ether oxygens (including phenoxy) is 1. The minimum Gasteiger partial charge on any atom is -0.469 e. The van der Waals surface area contributed by atoms with Gasteiger partial charge in [-0.05, 0) is 55.6 Å². The summed E-state index contributed by atoms with van der Waals surface area (Å²) in [6, 6.07) is 4.19. The van der Waals surface area contributed by atoms with E-state index in [2.05, 4.69) is 11.0 Å². The predicted molar refractivity (Wildman–Crippen MR) is 85.2 cm³/mol. The van der Waals surface area contributed by atoms with E-state index in [0.717, 1.165) is 23.4 Å². The molecular weight excluding hydrogens is 264 g/mol. The highest BCUT2D eigenvalue weighted by Crippen LogP contribution is 2.37. The van der Waals surface area contributed by atoms with Crippen molar-refractivity contribution in [1.82, 2.24) is 4.90 Å². The third-order valence-corrected chi connectivity index (χ3v) is 4.25. The predicted octanol–water partition coefficient (Wildman–Crippen LogP) is 2.70. The summed E-state index contributed by atoms with van der Waals surface area (Å²) in [4.78, 5) is 13.8. The van der Waals surface area contributed by atoms with Gasteiger partial charge < -0.3 is 15.4 Å². The molecule has 0 spiro atoms. The van der Waals surface area contributed by atoms with Crippen molar-refractivity contribution in [2.75, 3.05) is 26.9 Å². The molecule has 1 saturated carbocycles. The van der Waals surface area contributed by atoms with Crippen LogP contribution in [0.25, 0.3) is 0 Å². The largest absolute Gasteiger partial charge is 0.469 e. The summed E-state index contributed by atoms with van der Waals surface area (Å²) in [5.41, 5.74) is 10.4. The number of hydrogen-bond donors (Lipinski definition) is 1. The molecule has 21 heavy (non-hydrogen) atoms. The van der Waals surface area contributed by atoms with Crippen molar-refractivity contribution in [3.05, 3.63) is 28.8 Å². The molecule has 0 aromatic heterocycles. The van der Waals surface area contributed by atoms with Crippen molar-refractivity contribution in [3.63, 3.8) is 0 Å². The number of nitrogen functional groups attached to an aromatic ring is 1.